The fraction of sp³-hybridized carbons (Fsp3) is 0.417. The number of methoxy groups -OCH3 is 1. The molecule has 11 nitrogen and oxygen atoms in total. The first kappa shape index (κ1) is 30.7. The van der Waals surface area contributed by atoms with E-state index in [9.17, 15) is 19.5 Å². The third-order valence-electron chi connectivity index (χ3n) is 10.5. The lowest BCUT2D eigenvalue weighted by atomic mass is 9.46. The molecule has 2 aromatic carbocycles. The molecule has 0 bridgehead atoms. The van der Waals surface area contributed by atoms with Gasteiger partial charge in [0.1, 0.15) is 17.7 Å². The first-order chi connectivity index (χ1) is 22.7. The number of aromatic nitrogens is 4. The van der Waals surface area contributed by atoms with Crippen molar-refractivity contribution in [3.8, 4) is 33.6 Å². The number of ether oxygens (including phenoxy) is 1. The van der Waals surface area contributed by atoms with Gasteiger partial charge in [0.05, 0.1) is 42.9 Å². The fourth-order valence-corrected chi connectivity index (χ4v) is 7.72. The number of carboxylic acid groups (broad SMARTS) is 1. The van der Waals surface area contributed by atoms with Gasteiger partial charge in [-0.2, -0.15) is 0 Å². The monoisotopic (exact) mass is 636 g/mol. The van der Waals surface area contributed by atoms with E-state index in [4.69, 9.17) is 4.74 Å². The van der Waals surface area contributed by atoms with E-state index in [-0.39, 0.29) is 29.7 Å². The highest BCUT2D eigenvalue weighted by atomic mass is 16.5. The SMILES string of the molecule is COC(=O)N[C@H](C(=O)N1CCC[C@H]1c1ncc(-c2ccc(-c3ccc(-c4cnc([C@@H]5C6CC[C@H]6[C@H]5C(=O)O)[nH]4)cc3)cc2)[nH]1)C(C)C. The molecular formula is C36H40N6O5. The number of nitrogens with one attached hydrogen (secondary N) is 3. The highest BCUT2D eigenvalue weighted by molar-refractivity contribution is 5.86. The molecule has 4 aromatic rings. The Morgan fingerprint density at radius 2 is 1.40 bits per heavy atom. The number of likely N-dealkylation sites (tertiary alicyclic amines) is 1. The highest BCUT2D eigenvalue weighted by Gasteiger charge is 2.60. The van der Waals surface area contributed by atoms with Crippen LogP contribution < -0.4 is 5.32 Å². The molecule has 2 aliphatic carbocycles. The van der Waals surface area contributed by atoms with Crippen LogP contribution in [0.5, 0.6) is 0 Å². The van der Waals surface area contributed by atoms with Gasteiger partial charge in [-0.05, 0) is 65.7 Å². The lowest BCUT2D eigenvalue weighted by Gasteiger charge is -2.56. The van der Waals surface area contributed by atoms with E-state index in [0.29, 0.717) is 18.4 Å². The summed E-state index contributed by atoms with van der Waals surface area (Å²) >= 11 is 0. The number of rotatable bonds is 9. The summed E-state index contributed by atoms with van der Waals surface area (Å²) in [6.07, 6.45) is 6.74. The summed E-state index contributed by atoms with van der Waals surface area (Å²) in [7, 11) is 1.29. The Balaban J connectivity index is 1.02. The molecule has 2 saturated carbocycles. The number of imidazole rings is 2. The van der Waals surface area contributed by atoms with Gasteiger partial charge < -0.3 is 30.0 Å². The molecule has 1 unspecified atom stereocenters. The summed E-state index contributed by atoms with van der Waals surface area (Å²) in [5.74, 6) is 0.985. The topological polar surface area (TPSA) is 153 Å². The van der Waals surface area contributed by atoms with Crippen LogP contribution in [0.2, 0.25) is 0 Å². The number of aliphatic carboxylic acids is 1. The number of hydrogen-bond donors (Lipinski definition) is 4. The standard InChI is InChI=1S/C36H40N6O5/c1-19(2)31(41-36(46)47-3)34(43)42-16-4-5-28(42)32-37-17-26(39-32)22-10-6-20(7-11-22)21-8-12-23(13-9-21)27-18-38-33(40-27)29-24-14-15-25(24)30(29)35(44)45/h6-13,17-19,24-25,28-31H,4-5,14-16H2,1-3H3,(H,37,39)(H,38,40)(H,41,46)(H,44,45)/t24?,25-,28+,29-,30-,31+/m1/s1. The van der Waals surface area contributed by atoms with Gasteiger partial charge in [-0.15, -0.1) is 0 Å². The van der Waals surface area contributed by atoms with Crippen molar-refractivity contribution in [1.29, 1.82) is 0 Å². The van der Waals surface area contributed by atoms with Crippen molar-refractivity contribution < 1.29 is 24.2 Å². The van der Waals surface area contributed by atoms with E-state index >= 15 is 0 Å². The molecule has 2 amide bonds. The number of carbonyl (C=O) groups is 3. The number of alkyl carbamates (subject to hydrolysis) is 1. The summed E-state index contributed by atoms with van der Waals surface area (Å²) in [6.45, 7) is 4.41. The molecule has 3 fully saturated rings. The van der Waals surface area contributed by atoms with Gasteiger partial charge in [0.2, 0.25) is 5.91 Å². The average molecular weight is 637 g/mol. The predicted molar refractivity (Wildman–Crippen MR) is 175 cm³/mol. The summed E-state index contributed by atoms with van der Waals surface area (Å²) in [4.78, 5) is 55.0. The van der Waals surface area contributed by atoms with E-state index in [1.165, 1.54) is 7.11 Å². The molecule has 3 heterocycles. The molecule has 244 valence electrons. The van der Waals surface area contributed by atoms with Crippen molar-refractivity contribution in [2.24, 2.45) is 23.7 Å². The van der Waals surface area contributed by atoms with Gasteiger partial charge >= 0.3 is 12.1 Å². The molecule has 7 rings (SSSR count). The zero-order chi connectivity index (χ0) is 32.8. The maximum atomic E-state index is 13.5. The van der Waals surface area contributed by atoms with Crippen LogP contribution in [0, 0.1) is 23.7 Å². The van der Waals surface area contributed by atoms with Gasteiger partial charge in [-0.25, -0.2) is 14.8 Å². The molecule has 1 saturated heterocycles. The molecule has 11 heteroatoms. The van der Waals surface area contributed by atoms with Crippen molar-refractivity contribution in [2.75, 3.05) is 13.7 Å². The normalized spacial score (nSPS) is 23.8. The van der Waals surface area contributed by atoms with Crippen LogP contribution in [0.1, 0.15) is 63.1 Å². The number of nitrogens with zero attached hydrogens (tertiary/aromatic N) is 3. The zero-order valence-corrected chi connectivity index (χ0v) is 26.8. The number of fused-ring (bicyclic) bond motifs is 1. The Morgan fingerprint density at radius 3 is 1.94 bits per heavy atom. The van der Waals surface area contributed by atoms with Gasteiger partial charge in [0.25, 0.3) is 0 Å². The fourth-order valence-electron chi connectivity index (χ4n) is 7.72. The van der Waals surface area contributed by atoms with Crippen LogP contribution in [-0.4, -0.2) is 67.6 Å². The number of amides is 2. The third-order valence-corrected chi connectivity index (χ3v) is 10.5. The number of H-pyrrole nitrogens is 2. The summed E-state index contributed by atoms with van der Waals surface area (Å²) < 4.78 is 4.74. The number of carbonyl (C=O) groups excluding carboxylic acids is 2. The van der Waals surface area contributed by atoms with Crippen molar-refractivity contribution in [3.63, 3.8) is 0 Å². The predicted octanol–water partition coefficient (Wildman–Crippen LogP) is 6.00. The number of aromatic amines is 2. The minimum Gasteiger partial charge on any atom is -0.481 e. The molecule has 0 radical (unpaired) electrons. The van der Waals surface area contributed by atoms with Crippen LogP contribution in [-0.2, 0) is 14.3 Å². The van der Waals surface area contributed by atoms with Crippen LogP contribution in [0.3, 0.4) is 0 Å². The molecule has 0 spiro atoms. The quantitative estimate of drug-likeness (QED) is 0.176. The minimum absolute atomic E-state index is 0.0177. The summed E-state index contributed by atoms with van der Waals surface area (Å²) in [5, 5.41) is 12.4. The largest absolute Gasteiger partial charge is 0.481 e. The summed E-state index contributed by atoms with van der Waals surface area (Å²) in [6, 6.07) is 15.7. The smallest absolute Gasteiger partial charge is 0.407 e. The van der Waals surface area contributed by atoms with Gasteiger partial charge in [-0.1, -0.05) is 62.4 Å². The van der Waals surface area contributed by atoms with E-state index in [0.717, 1.165) is 71.0 Å². The van der Waals surface area contributed by atoms with Gasteiger partial charge in [0.15, 0.2) is 0 Å². The van der Waals surface area contributed by atoms with E-state index < -0.39 is 18.1 Å². The van der Waals surface area contributed by atoms with E-state index in [1.54, 1.807) is 6.20 Å². The molecule has 1 aliphatic heterocycles. The molecule has 4 N–H and O–H groups in total. The lowest BCUT2D eigenvalue weighted by Crippen LogP contribution is -2.55. The first-order valence-corrected chi connectivity index (χ1v) is 16.4. The first-order valence-electron chi connectivity index (χ1n) is 16.4. The molecule has 3 aliphatic rings. The second-order valence-electron chi connectivity index (χ2n) is 13.4. The Hall–Kier alpha value is -4.93. The number of carboxylic acids is 1. The Bertz CT molecular complexity index is 1780. The van der Waals surface area contributed by atoms with Gasteiger partial charge in [-0.3, -0.25) is 9.59 Å². The van der Waals surface area contributed by atoms with Crippen molar-refractivity contribution >= 4 is 18.0 Å². The highest BCUT2D eigenvalue weighted by Crippen LogP contribution is 2.62. The van der Waals surface area contributed by atoms with Crippen molar-refractivity contribution in [3.05, 3.63) is 72.6 Å². The zero-order valence-electron chi connectivity index (χ0n) is 26.8. The van der Waals surface area contributed by atoms with Crippen LogP contribution in [0.4, 0.5) is 4.79 Å². The Kier molecular flexibility index (Phi) is 8.07. The second kappa shape index (κ2) is 12.4. The third kappa shape index (κ3) is 5.57. The van der Waals surface area contributed by atoms with Crippen LogP contribution in [0.25, 0.3) is 33.6 Å². The minimum atomic E-state index is -0.712. The van der Waals surface area contributed by atoms with Crippen molar-refractivity contribution in [2.45, 2.75) is 57.5 Å². The maximum Gasteiger partial charge on any atom is 0.407 e. The lowest BCUT2D eigenvalue weighted by molar-refractivity contribution is -0.163. The van der Waals surface area contributed by atoms with Gasteiger partial charge in [0, 0.05) is 12.5 Å². The molecule has 2 aromatic heterocycles. The summed E-state index contributed by atoms with van der Waals surface area (Å²) in [5.41, 5.74) is 5.91. The Labute approximate surface area is 273 Å². The molecule has 47 heavy (non-hydrogen) atoms. The number of hydrogen-bond acceptors (Lipinski definition) is 6. The molecular weight excluding hydrogens is 596 g/mol. The van der Waals surface area contributed by atoms with Crippen LogP contribution in [0.15, 0.2) is 60.9 Å². The second-order valence-corrected chi connectivity index (χ2v) is 13.4. The Morgan fingerprint density at radius 1 is 0.851 bits per heavy atom. The van der Waals surface area contributed by atoms with E-state index in [1.807, 2.05) is 24.9 Å². The van der Waals surface area contributed by atoms with Crippen molar-refractivity contribution in [1.82, 2.24) is 30.2 Å². The van der Waals surface area contributed by atoms with E-state index in [2.05, 4.69) is 73.8 Å². The number of benzene rings is 2. The average Bonchev–Trinajstić information content (AvgIpc) is 3.85. The van der Waals surface area contributed by atoms with Crippen LogP contribution >= 0.6 is 0 Å². The molecule has 6 atom stereocenters. The maximum absolute atomic E-state index is 13.5.